The predicted octanol–water partition coefficient (Wildman–Crippen LogP) is 0.104. The lowest BCUT2D eigenvalue weighted by Crippen LogP contribution is -2.49. The average Bonchev–Trinajstić information content (AvgIpc) is 2.30. The molecule has 11 heavy (non-hydrogen) atoms. The van der Waals surface area contributed by atoms with Gasteiger partial charge in [0.1, 0.15) is 0 Å². The van der Waals surface area contributed by atoms with Gasteiger partial charge in [-0.25, -0.2) is 0 Å². The van der Waals surface area contributed by atoms with Crippen molar-refractivity contribution in [2.45, 2.75) is 24.8 Å². The summed E-state index contributed by atoms with van der Waals surface area (Å²) in [7, 11) is 1.98. The molecular formula is C8H18N2O. The van der Waals surface area contributed by atoms with Crippen LogP contribution in [0.25, 0.3) is 0 Å². The molecule has 1 fully saturated rings. The monoisotopic (exact) mass is 158 g/mol. The van der Waals surface area contributed by atoms with Crippen LogP contribution in [-0.2, 0) is 4.74 Å². The Bertz CT molecular complexity index is 103. The maximum absolute atomic E-state index is 5.70. The van der Waals surface area contributed by atoms with E-state index in [1.54, 1.807) is 0 Å². The maximum Gasteiger partial charge on any atom is 0.0484 e. The molecule has 1 heterocycles. The van der Waals surface area contributed by atoms with Gasteiger partial charge in [0.2, 0.25) is 0 Å². The minimum atomic E-state index is 0.149. The average molecular weight is 158 g/mol. The molecule has 1 aliphatic heterocycles. The highest BCUT2D eigenvalue weighted by Gasteiger charge is 2.27. The second-order valence-electron chi connectivity index (χ2n) is 3.20. The van der Waals surface area contributed by atoms with E-state index in [1.807, 2.05) is 7.05 Å². The molecule has 66 valence electrons. The topological polar surface area (TPSA) is 47.3 Å². The molecule has 0 radical (unpaired) electrons. The minimum absolute atomic E-state index is 0.149. The highest BCUT2D eigenvalue weighted by Crippen LogP contribution is 2.19. The Labute approximate surface area is 68.3 Å². The fourth-order valence-corrected chi connectivity index (χ4v) is 1.56. The SMILES string of the molecule is CNC1(CN)CCCOCC1. The van der Waals surface area contributed by atoms with Crippen LogP contribution in [0.5, 0.6) is 0 Å². The van der Waals surface area contributed by atoms with Crippen molar-refractivity contribution in [2.75, 3.05) is 26.8 Å². The summed E-state index contributed by atoms with van der Waals surface area (Å²) in [5, 5.41) is 3.30. The van der Waals surface area contributed by atoms with E-state index in [0.29, 0.717) is 6.54 Å². The number of nitrogens with one attached hydrogen (secondary N) is 1. The Kier molecular flexibility index (Phi) is 3.30. The molecule has 3 heteroatoms. The van der Waals surface area contributed by atoms with E-state index in [-0.39, 0.29) is 5.54 Å². The van der Waals surface area contributed by atoms with E-state index in [9.17, 15) is 0 Å². The lowest BCUT2D eigenvalue weighted by Gasteiger charge is -2.30. The Hall–Kier alpha value is -0.120. The molecule has 1 unspecified atom stereocenters. The summed E-state index contributed by atoms with van der Waals surface area (Å²) in [5.41, 5.74) is 5.85. The molecule has 3 N–H and O–H groups in total. The number of likely N-dealkylation sites (N-methyl/N-ethyl adjacent to an activating group) is 1. The van der Waals surface area contributed by atoms with Crippen molar-refractivity contribution in [3.05, 3.63) is 0 Å². The van der Waals surface area contributed by atoms with Crippen molar-refractivity contribution in [1.82, 2.24) is 5.32 Å². The Balaban J connectivity index is 2.49. The summed E-state index contributed by atoms with van der Waals surface area (Å²) >= 11 is 0. The van der Waals surface area contributed by atoms with Crippen LogP contribution in [-0.4, -0.2) is 32.3 Å². The maximum atomic E-state index is 5.70. The van der Waals surface area contributed by atoms with Gasteiger partial charge in [-0.05, 0) is 26.3 Å². The Morgan fingerprint density at radius 3 is 2.91 bits per heavy atom. The molecule has 1 aliphatic rings. The normalized spacial score (nSPS) is 33.3. The zero-order chi connectivity index (χ0) is 8.16. The van der Waals surface area contributed by atoms with E-state index < -0.39 is 0 Å². The van der Waals surface area contributed by atoms with E-state index in [1.165, 1.54) is 0 Å². The smallest absolute Gasteiger partial charge is 0.0484 e. The summed E-state index contributed by atoms with van der Waals surface area (Å²) in [4.78, 5) is 0. The first-order chi connectivity index (χ1) is 5.33. The summed E-state index contributed by atoms with van der Waals surface area (Å²) in [6, 6.07) is 0. The standard InChI is InChI=1S/C8H18N2O/c1-10-8(7-9)3-2-5-11-6-4-8/h10H,2-7,9H2,1H3. The third kappa shape index (κ3) is 2.15. The summed E-state index contributed by atoms with van der Waals surface area (Å²) in [6.45, 7) is 2.45. The minimum Gasteiger partial charge on any atom is -0.381 e. The fourth-order valence-electron chi connectivity index (χ4n) is 1.56. The van der Waals surface area contributed by atoms with E-state index in [0.717, 1.165) is 32.5 Å². The first-order valence-corrected chi connectivity index (χ1v) is 4.30. The molecule has 1 rings (SSSR count). The molecule has 0 aromatic heterocycles. The second kappa shape index (κ2) is 4.04. The summed E-state index contributed by atoms with van der Waals surface area (Å²) in [6.07, 6.45) is 3.30. The number of hydrogen-bond acceptors (Lipinski definition) is 3. The van der Waals surface area contributed by atoms with Crippen molar-refractivity contribution in [2.24, 2.45) is 5.73 Å². The Morgan fingerprint density at radius 2 is 2.27 bits per heavy atom. The van der Waals surface area contributed by atoms with Crippen LogP contribution in [0.2, 0.25) is 0 Å². The largest absolute Gasteiger partial charge is 0.381 e. The Morgan fingerprint density at radius 1 is 1.45 bits per heavy atom. The van der Waals surface area contributed by atoms with Crippen LogP contribution in [0.3, 0.4) is 0 Å². The summed E-state index contributed by atoms with van der Waals surface area (Å²) < 4.78 is 5.36. The van der Waals surface area contributed by atoms with Crippen LogP contribution in [0.15, 0.2) is 0 Å². The highest BCUT2D eigenvalue weighted by molar-refractivity contribution is 4.88. The van der Waals surface area contributed by atoms with Gasteiger partial charge in [-0.3, -0.25) is 0 Å². The van der Waals surface area contributed by atoms with Gasteiger partial charge in [0.25, 0.3) is 0 Å². The zero-order valence-electron chi connectivity index (χ0n) is 7.23. The third-order valence-electron chi connectivity index (χ3n) is 2.59. The number of rotatable bonds is 2. The van der Waals surface area contributed by atoms with Gasteiger partial charge in [-0.1, -0.05) is 0 Å². The third-order valence-corrected chi connectivity index (χ3v) is 2.59. The first-order valence-electron chi connectivity index (χ1n) is 4.30. The first kappa shape index (κ1) is 8.97. The predicted molar refractivity (Wildman–Crippen MR) is 45.5 cm³/mol. The molecular weight excluding hydrogens is 140 g/mol. The molecule has 0 saturated carbocycles. The molecule has 3 nitrogen and oxygen atoms in total. The molecule has 0 amide bonds. The fraction of sp³-hybridized carbons (Fsp3) is 1.00. The highest BCUT2D eigenvalue weighted by atomic mass is 16.5. The molecule has 1 atom stereocenters. The summed E-state index contributed by atoms with van der Waals surface area (Å²) in [5.74, 6) is 0. The zero-order valence-corrected chi connectivity index (χ0v) is 7.23. The molecule has 0 aromatic carbocycles. The molecule has 0 spiro atoms. The number of hydrogen-bond donors (Lipinski definition) is 2. The van der Waals surface area contributed by atoms with E-state index in [2.05, 4.69) is 5.32 Å². The van der Waals surface area contributed by atoms with Crippen LogP contribution in [0, 0.1) is 0 Å². The molecule has 0 aromatic rings. The van der Waals surface area contributed by atoms with Crippen LogP contribution < -0.4 is 11.1 Å². The van der Waals surface area contributed by atoms with E-state index >= 15 is 0 Å². The number of nitrogens with two attached hydrogens (primary N) is 1. The number of ether oxygens (including phenoxy) is 1. The van der Waals surface area contributed by atoms with Gasteiger partial charge in [0.15, 0.2) is 0 Å². The van der Waals surface area contributed by atoms with Gasteiger partial charge in [0.05, 0.1) is 0 Å². The lowest BCUT2D eigenvalue weighted by atomic mass is 9.91. The van der Waals surface area contributed by atoms with Crippen LogP contribution in [0.1, 0.15) is 19.3 Å². The van der Waals surface area contributed by atoms with Gasteiger partial charge in [-0.2, -0.15) is 0 Å². The van der Waals surface area contributed by atoms with Gasteiger partial charge >= 0.3 is 0 Å². The van der Waals surface area contributed by atoms with Gasteiger partial charge in [0, 0.05) is 25.3 Å². The molecule has 0 aliphatic carbocycles. The molecule has 0 bridgehead atoms. The van der Waals surface area contributed by atoms with Gasteiger partial charge in [-0.15, -0.1) is 0 Å². The molecule has 1 saturated heterocycles. The van der Waals surface area contributed by atoms with Crippen LogP contribution >= 0.6 is 0 Å². The lowest BCUT2D eigenvalue weighted by molar-refractivity contribution is 0.138. The van der Waals surface area contributed by atoms with Gasteiger partial charge < -0.3 is 15.8 Å². The van der Waals surface area contributed by atoms with Crippen LogP contribution in [0.4, 0.5) is 0 Å². The van der Waals surface area contributed by atoms with Crippen molar-refractivity contribution in [3.63, 3.8) is 0 Å². The van der Waals surface area contributed by atoms with E-state index in [4.69, 9.17) is 10.5 Å². The van der Waals surface area contributed by atoms with Crippen molar-refractivity contribution >= 4 is 0 Å². The van der Waals surface area contributed by atoms with Crippen molar-refractivity contribution in [3.8, 4) is 0 Å². The second-order valence-corrected chi connectivity index (χ2v) is 3.20. The van der Waals surface area contributed by atoms with Crippen molar-refractivity contribution in [1.29, 1.82) is 0 Å². The van der Waals surface area contributed by atoms with Crippen molar-refractivity contribution < 1.29 is 4.74 Å². The quantitative estimate of drug-likeness (QED) is 0.599.